The van der Waals surface area contributed by atoms with Crippen molar-refractivity contribution in [1.29, 1.82) is 0 Å². The second-order valence-electron chi connectivity index (χ2n) is 10.0. The van der Waals surface area contributed by atoms with Crippen molar-refractivity contribution in [2.75, 3.05) is 4.90 Å². The maximum absolute atomic E-state index is 6.43. The van der Waals surface area contributed by atoms with Crippen LogP contribution in [0.25, 0.3) is 55.6 Å². The van der Waals surface area contributed by atoms with Crippen LogP contribution in [0.5, 0.6) is 0 Å². The van der Waals surface area contributed by atoms with Gasteiger partial charge in [0.15, 0.2) is 5.58 Å². The Hall–Kier alpha value is -5.61. The molecule has 2 aromatic heterocycles. The molecule has 2 heterocycles. The molecule has 0 aliphatic carbocycles. The summed E-state index contributed by atoms with van der Waals surface area (Å²) in [5, 5.41) is 2.22. The second-order valence-corrected chi connectivity index (χ2v) is 10.0. The van der Waals surface area contributed by atoms with Crippen LogP contribution >= 0.6 is 0 Å². The number of para-hydroxylation sites is 4. The molecular weight excluding hydrogens is 504 g/mol. The molecular formula is C37H24N2O2. The first-order valence-electron chi connectivity index (χ1n) is 13.6. The van der Waals surface area contributed by atoms with E-state index in [-0.39, 0.29) is 0 Å². The van der Waals surface area contributed by atoms with Crippen molar-refractivity contribution < 1.29 is 8.83 Å². The third-order valence-corrected chi connectivity index (χ3v) is 7.51. The number of aromatic nitrogens is 1. The molecule has 0 saturated carbocycles. The Morgan fingerprint density at radius 2 is 1.20 bits per heavy atom. The van der Waals surface area contributed by atoms with E-state index in [1.54, 1.807) is 0 Å². The number of nitrogens with zero attached hydrogens (tertiary/aromatic N) is 2. The van der Waals surface area contributed by atoms with E-state index >= 15 is 0 Å². The van der Waals surface area contributed by atoms with Gasteiger partial charge in [-0.1, -0.05) is 84.9 Å². The Labute approximate surface area is 236 Å². The molecule has 0 bridgehead atoms. The molecule has 0 spiro atoms. The van der Waals surface area contributed by atoms with Gasteiger partial charge in [-0.15, -0.1) is 0 Å². The molecule has 8 aromatic rings. The summed E-state index contributed by atoms with van der Waals surface area (Å²) in [6, 6.07) is 49.6. The number of anilines is 3. The van der Waals surface area contributed by atoms with Crippen LogP contribution in [-0.4, -0.2) is 4.98 Å². The summed E-state index contributed by atoms with van der Waals surface area (Å²) >= 11 is 0. The number of furan rings is 1. The number of oxazole rings is 1. The maximum atomic E-state index is 6.43. The van der Waals surface area contributed by atoms with Gasteiger partial charge in [0.1, 0.15) is 16.7 Å². The highest BCUT2D eigenvalue weighted by Crippen LogP contribution is 2.44. The number of benzene rings is 6. The van der Waals surface area contributed by atoms with Crippen LogP contribution in [0, 0.1) is 0 Å². The monoisotopic (exact) mass is 528 g/mol. The first-order valence-corrected chi connectivity index (χ1v) is 13.6. The normalized spacial score (nSPS) is 11.4. The summed E-state index contributed by atoms with van der Waals surface area (Å²) in [4.78, 5) is 7.10. The minimum atomic E-state index is 0.612. The maximum Gasteiger partial charge on any atom is 0.227 e. The van der Waals surface area contributed by atoms with E-state index < -0.39 is 0 Å². The van der Waals surface area contributed by atoms with Crippen LogP contribution in [0.3, 0.4) is 0 Å². The molecule has 0 amide bonds. The van der Waals surface area contributed by atoms with Gasteiger partial charge < -0.3 is 13.7 Å². The molecule has 6 aromatic carbocycles. The Bertz CT molecular complexity index is 2160. The van der Waals surface area contributed by atoms with Crippen molar-refractivity contribution >= 4 is 50.1 Å². The quantitative estimate of drug-likeness (QED) is 0.223. The average molecular weight is 529 g/mol. The van der Waals surface area contributed by atoms with E-state index in [2.05, 4.69) is 83.8 Å². The Morgan fingerprint density at radius 3 is 2.07 bits per heavy atom. The highest BCUT2D eigenvalue weighted by Gasteiger charge is 2.21. The first kappa shape index (κ1) is 23.3. The van der Waals surface area contributed by atoms with Gasteiger partial charge in [-0.2, -0.15) is 0 Å². The van der Waals surface area contributed by atoms with Gasteiger partial charge in [0.05, 0.1) is 5.69 Å². The van der Waals surface area contributed by atoms with Crippen molar-refractivity contribution in [2.24, 2.45) is 0 Å². The summed E-state index contributed by atoms with van der Waals surface area (Å²) < 4.78 is 12.7. The van der Waals surface area contributed by atoms with Crippen molar-refractivity contribution in [3.63, 3.8) is 0 Å². The lowest BCUT2D eigenvalue weighted by atomic mass is 10.0. The number of hydrogen-bond donors (Lipinski definition) is 0. The Kier molecular flexibility index (Phi) is 5.42. The molecule has 41 heavy (non-hydrogen) atoms. The van der Waals surface area contributed by atoms with E-state index in [0.717, 1.165) is 66.8 Å². The first-order chi connectivity index (χ1) is 20.3. The van der Waals surface area contributed by atoms with Gasteiger partial charge in [0.25, 0.3) is 0 Å². The summed E-state index contributed by atoms with van der Waals surface area (Å²) in [6.07, 6.45) is 0. The summed E-state index contributed by atoms with van der Waals surface area (Å²) in [6.45, 7) is 0. The fourth-order valence-corrected chi connectivity index (χ4v) is 5.62. The van der Waals surface area contributed by atoms with Gasteiger partial charge in [-0.05, 0) is 54.6 Å². The lowest BCUT2D eigenvalue weighted by Gasteiger charge is -2.27. The lowest BCUT2D eigenvalue weighted by molar-refractivity contribution is 0.621. The zero-order chi connectivity index (χ0) is 27.2. The molecule has 4 heteroatoms. The molecule has 0 N–H and O–H groups in total. The van der Waals surface area contributed by atoms with Crippen molar-refractivity contribution in [2.45, 2.75) is 0 Å². The molecule has 0 atom stereocenters. The minimum absolute atomic E-state index is 0.612. The molecule has 0 aliphatic rings. The van der Waals surface area contributed by atoms with Crippen LogP contribution in [0.15, 0.2) is 154 Å². The predicted molar refractivity (Wildman–Crippen MR) is 167 cm³/mol. The van der Waals surface area contributed by atoms with Gasteiger partial charge >= 0.3 is 0 Å². The molecule has 0 radical (unpaired) electrons. The summed E-state index contributed by atoms with van der Waals surface area (Å²) in [7, 11) is 0. The van der Waals surface area contributed by atoms with Crippen molar-refractivity contribution in [1.82, 2.24) is 4.98 Å². The van der Waals surface area contributed by atoms with Crippen LogP contribution in [0.1, 0.15) is 0 Å². The smallest absolute Gasteiger partial charge is 0.227 e. The van der Waals surface area contributed by atoms with Gasteiger partial charge in [-0.3, -0.25) is 0 Å². The average Bonchev–Trinajstić information content (AvgIpc) is 3.64. The van der Waals surface area contributed by atoms with Crippen LogP contribution in [0.4, 0.5) is 17.1 Å². The highest BCUT2D eigenvalue weighted by molar-refractivity contribution is 6.06. The highest BCUT2D eigenvalue weighted by atomic mass is 16.3. The molecule has 194 valence electrons. The third-order valence-electron chi connectivity index (χ3n) is 7.51. The van der Waals surface area contributed by atoms with Crippen molar-refractivity contribution in [3.8, 4) is 22.6 Å². The minimum Gasteiger partial charge on any atom is -0.456 e. The van der Waals surface area contributed by atoms with E-state index in [0.29, 0.717) is 5.89 Å². The zero-order valence-electron chi connectivity index (χ0n) is 22.1. The van der Waals surface area contributed by atoms with E-state index in [9.17, 15) is 0 Å². The van der Waals surface area contributed by atoms with Gasteiger partial charge in [-0.25, -0.2) is 4.98 Å². The van der Waals surface area contributed by atoms with Crippen LogP contribution in [-0.2, 0) is 0 Å². The summed E-state index contributed by atoms with van der Waals surface area (Å²) in [5.74, 6) is 0.612. The topological polar surface area (TPSA) is 42.4 Å². The Balaban J connectivity index is 1.33. The fourth-order valence-electron chi connectivity index (χ4n) is 5.62. The number of hydrogen-bond acceptors (Lipinski definition) is 4. The molecule has 0 unspecified atom stereocenters. The van der Waals surface area contributed by atoms with E-state index in [4.69, 9.17) is 13.8 Å². The van der Waals surface area contributed by atoms with Crippen LogP contribution < -0.4 is 4.90 Å². The zero-order valence-corrected chi connectivity index (χ0v) is 22.1. The third kappa shape index (κ3) is 3.97. The number of rotatable bonds is 5. The molecule has 0 fully saturated rings. The van der Waals surface area contributed by atoms with E-state index in [1.807, 2.05) is 66.7 Å². The lowest BCUT2D eigenvalue weighted by Crippen LogP contribution is -2.11. The largest absolute Gasteiger partial charge is 0.456 e. The van der Waals surface area contributed by atoms with E-state index in [1.165, 1.54) is 0 Å². The summed E-state index contributed by atoms with van der Waals surface area (Å²) in [5.41, 5.74) is 9.39. The molecule has 4 nitrogen and oxygen atoms in total. The van der Waals surface area contributed by atoms with Gasteiger partial charge in [0, 0.05) is 44.9 Å². The van der Waals surface area contributed by atoms with Crippen molar-refractivity contribution in [3.05, 3.63) is 146 Å². The SMILES string of the molecule is c1ccc(-c2nc3cccc(-c4ccccc4N(c4ccccc4)c4ccc5c(c4)oc4ccccc45)c3o2)cc1. The second kappa shape index (κ2) is 9.54. The molecule has 0 aliphatic heterocycles. The Morgan fingerprint density at radius 1 is 0.488 bits per heavy atom. The fraction of sp³-hybridized carbons (Fsp3) is 0. The van der Waals surface area contributed by atoms with Gasteiger partial charge in [0.2, 0.25) is 5.89 Å². The predicted octanol–water partition coefficient (Wildman–Crippen LogP) is 10.5. The van der Waals surface area contributed by atoms with Crippen LogP contribution in [0.2, 0.25) is 0 Å². The molecule has 0 saturated heterocycles. The number of fused-ring (bicyclic) bond motifs is 4. The molecule has 8 rings (SSSR count). The standard InChI is InChI=1S/C37H24N2O2/c1-3-12-25(13-4-1)37-38-32-19-11-18-31(36(32)41-37)28-16-7-9-20-33(28)39(26-14-5-2-6-15-26)27-22-23-30-29-17-8-10-21-34(29)40-35(30)24-27/h1-24H.